The molecule has 0 spiro atoms. The Labute approximate surface area is 129 Å². The van der Waals surface area contributed by atoms with Crippen LogP contribution < -0.4 is 5.32 Å². The van der Waals surface area contributed by atoms with E-state index in [2.05, 4.69) is 5.32 Å². The van der Waals surface area contributed by atoms with Crippen LogP contribution in [0.2, 0.25) is 0 Å². The maximum atomic E-state index is 12.3. The predicted octanol–water partition coefficient (Wildman–Crippen LogP) is 2.68. The number of carbonyl (C=O) groups excluding carboxylic acids is 1. The standard InChI is InChI=1S/C14H18ClNO4S/c1-3-13-11(6-7-20-13)14(17)16-12-5-4-10(8-9(12)2)21(15,18)19/h4-5,8,11,13H,3,6-7H2,1-2H3,(H,16,17). The molecular formula is C14H18ClNO4S. The Morgan fingerprint density at radius 2 is 2.19 bits per heavy atom. The zero-order chi connectivity index (χ0) is 15.6. The van der Waals surface area contributed by atoms with E-state index in [1.807, 2.05) is 6.92 Å². The van der Waals surface area contributed by atoms with Gasteiger partial charge in [0.25, 0.3) is 9.05 Å². The van der Waals surface area contributed by atoms with E-state index >= 15 is 0 Å². The second-order valence-corrected chi connectivity index (χ2v) is 7.68. The lowest BCUT2D eigenvalue weighted by Crippen LogP contribution is -2.29. The summed E-state index contributed by atoms with van der Waals surface area (Å²) in [5, 5.41) is 2.84. The Balaban J connectivity index is 2.15. The molecule has 0 radical (unpaired) electrons. The molecule has 21 heavy (non-hydrogen) atoms. The quantitative estimate of drug-likeness (QED) is 0.861. The van der Waals surface area contributed by atoms with Crippen molar-refractivity contribution in [3.8, 4) is 0 Å². The summed E-state index contributed by atoms with van der Waals surface area (Å²) in [5.41, 5.74) is 1.24. The van der Waals surface area contributed by atoms with Crippen molar-refractivity contribution in [2.45, 2.75) is 37.7 Å². The highest BCUT2D eigenvalue weighted by Crippen LogP contribution is 2.27. The zero-order valence-corrected chi connectivity index (χ0v) is 13.5. The van der Waals surface area contributed by atoms with Gasteiger partial charge in [-0.1, -0.05) is 6.92 Å². The number of hydrogen-bond acceptors (Lipinski definition) is 4. The van der Waals surface area contributed by atoms with Crippen molar-refractivity contribution in [3.63, 3.8) is 0 Å². The van der Waals surface area contributed by atoms with Crippen LogP contribution in [-0.2, 0) is 18.6 Å². The van der Waals surface area contributed by atoms with Crippen molar-refractivity contribution in [2.24, 2.45) is 5.92 Å². The topological polar surface area (TPSA) is 72.5 Å². The summed E-state index contributed by atoms with van der Waals surface area (Å²) in [6.07, 6.45) is 1.45. The van der Waals surface area contributed by atoms with E-state index in [1.165, 1.54) is 12.1 Å². The maximum absolute atomic E-state index is 12.3. The van der Waals surface area contributed by atoms with Crippen molar-refractivity contribution < 1.29 is 17.9 Å². The highest BCUT2D eigenvalue weighted by atomic mass is 35.7. The molecule has 1 aromatic rings. The lowest BCUT2D eigenvalue weighted by Gasteiger charge is -2.17. The minimum absolute atomic E-state index is 0.0234. The van der Waals surface area contributed by atoms with E-state index in [-0.39, 0.29) is 22.8 Å². The molecule has 1 amide bonds. The van der Waals surface area contributed by atoms with Crippen molar-refractivity contribution >= 4 is 31.3 Å². The fraction of sp³-hybridized carbons (Fsp3) is 0.500. The average molecular weight is 332 g/mol. The molecule has 7 heteroatoms. The van der Waals surface area contributed by atoms with E-state index in [4.69, 9.17) is 15.4 Å². The molecule has 1 N–H and O–H groups in total. The molecule has 0 saturated carbocycles. The number of ether oxygens (including phenoxy) is 1. The highest BCUT2D eigenvalue weighted by molar-refractivity contribution is 8.13. The van der Waals surface area contributed by atoms with Crippen LogP contribution >= 0.6 is 10.7 Å². The lowest BCUT2D eigenvalue weighted by molar-refractivity contribution is -0.121. The summed E-state index contributed by atoms with van der Waals surface area (Å²) in [5.74, 6) is -0.255. The normalized spacial score (nSPS) is 22.2. The number of nitrogens with one attached hydrogen (secondary N) is 1. The van der Waals surface area contributed by atoms with Gasteiger partial charge in [0, 0.05) is 23.0 Å². The third-order valence-corrected chi connectivity index (χ3v) is 5.04. The summed E-state index contributed by atoms with van der Waals surface area (Å²) >= 11 is 0. The first-order chi connectivity index (χ1) is 9.82. The van der Waals surface area contributed by atoms with Gasteiger partial charge < -0.3 is 10.1 Å². The van der Waals surface area contributed by atoms with Crippen LogP contribution in [-0.4, -0.2) is 27.0 Å². The molecule has 0 aliphatic carbocycles. The molecule has 1 aliphatic rings. The molecule has 0 bridgehead atoms. The molecule has 2 rings (SSSR count). The minimum Gasteiger partial charge on any atom is -0.377 e. The largest absolute Gasteiger partial charge is 0.377 e. The third-order valence-electron chi connectivity index (χ3n) is 3.69. The van der Waals surface area contributed by atoms with Gasteiger partial charge in [0.1, 0.15) is 0 Å². The minimum atomic E-state index is -3.76. The van der Waals surface area contributed by atoms with Crippen LogP contribution in [0.3, 0.4) is 0 Å². The number of carbonyl (C=O) groups is 1. The molecule has 1 fully saturated rings. The number of halogens is 1. The van der Waals surface area contributed by atoms with Crippen LogP contribution in [0.15, 0.2) is 23.1 Å². The molecule has 1 heterocycles. The van der Waals surface area contributed by atoms with Crippen molar-refractivity contribution in [1.82, 2.24) is 0 Å². The number of anilines is 1. The Morgan fingerprint density at radius 1 is 1.48 bits per heavy atom. The number of aryl methyl sites for hydroxylation is 1. The van der Waals surface area contributed by atoms with E-state index in [0.29, 0.717) is 24.3 Å². The van der Waals surface area contributed by atoms with Crippen LogP contribution in [0.4, 0.5) is 5.69 Å². The first-order valence-electron chi connectivity index (χ1n) is 6.80. The van der Waals surface area contributed by atoms with E-state index in [9.17, 15) is 13.2 Å². The van der Waals surface area contributed by atoms with Crippen molar-refractivity contribution in [2.75, 3.05) is 11.9 Å². The zero-order valence-electron chi connectivity index (χ0n) is 11.9. The second kappa shape index (κ2) is 6.34. The van der Waals surface area contributed by atoms with Gasteiger partial charge in [-0.05, 0) is 43.5 Å². The third kappa shape index (κ3) is 3.75. The summed E-state index contributed by atoms with van der Waals surface area (Å²) in [6.45, 7) is 4.31. The summed E-state index contributed by atoms with van der Waals surface area (Å²) in [4.78, 5) is 12.3. The van der Waals surface area contributed by atoms with Gasteiger partial charge in [-0.3, -0.25) is 4.79 Å². The number of hydrogen-bond donors (Lipinski definition) is 1. The van der Waals surface area contributed by atoms with Crippen LogP contribution in [0.25, 0.3) is 0 Å². The van der Waals surface area contributed by atoms with Gasteiger partial charge in [0.2, 0.25) is 5.91 Å². The molecule has 2 unspecified atom stereocenters. The Morgan fingerprint density at radius 3 is 2.76 bits per heavy atom. The van der Waals surface area contributed by atoms with E-state index < -0.39 is 9.05 Å². The molecule has 0 aromatic heterocycles. The van der Waals surface area contributed by atoms with Crippen LogP contribution in [0.5, 0.6) is 0 Å². The highest BCUT2D eigenvalue weighted by Gasteiger charge is 2.32. The first-order valence-corrected chi connectivity index (χ1v) is 9.11. The molecule has 116 valence electrons. The average Bonchev–Trinajstić information content (AvgIpc) is 2.88. The summed E-state index contributed by atoms with van der Waals surface area (Å²) in [6, 6.07) is 4.38. The van der Waals surface area contributed by atoms with E-state index in [1.54, 1.807) is 13.0 Å². The second-order valence-electron chi connectivity index (χ2n) is 5.12. The van der Waals surface area contributed by atoms with E-state index in [0.717, 1.165) is 6.42 Å². The number of rotatable bonds is 4. The van der Waals surface area contributed by atoms with Crippen molar-refractivity contribution in [3.05, 3.63) is 23.8 Å². The SMILES string of the molecule is CCC1OCCC1C(=O)Nc1ccc(S(=O)(=O)Cl)cc1C. The van der Waals surface area contributed by atoms with Gasteiger partial charge in [-0.15, -0.1) is 0 Å². The lowest BCUT2D eigenvalue weighted by atomic mass is 9.98. The predicted molar refractivity (Wildman–Crippen MR) is 81.0 cm³/mol. The molecule has 1 aromatic carbocycles. The maximum Gasteiger partial charge on any atom is 0.261 e. The van der Waals surface area contributed by atoms with Gasteiger partial charge in [0.05, 0.1) is 16.9 Å². The van der Waals surface area contributed by atoms with Gasteiger partial charge in [-0.2, -0.15) is 0 Å². The summed E-state index contributed by atoms with van der Waals surface area (Å²) in [7, 11) is 1.54. The fourth-order valence-electron chi connectivity index (χ4n) is 2.50. The summed E-state index contributed by atoms with van der Waals surface area (Å²) < 4.78 is 28.1. The molecule has 1 saturated heterocycles. The molecule has 5 nitrogen and oxygen atoms in total. The smallest absolute Gasteiger partial charge is 0.261 e. The Bertz CT molecular complexity index is 644. The Kier molecular flexibility index (Phi) is 4.91. The van der Waals surface area contributed by atoms with Crippen molar-refractivity contribution in [1.29, 1.82) is 0 Å². The van der Waals surface area contributed by atoms with Crippen LogP contribution in [0.1, 0.15) is 25.3 Å². The fourth-order valence-corrected chi connectivity index (χ4v) is 3.34. The molecule has 2 atom stereocenters. The Hall–Kier alpha value is -1.11. The van der Waals surface area contributed by atoms with Crippen LogP contribution in [0, 0.1) is 12.8 Å². The van der Waals surface area contributed by atoms with Gasteiger partial charge in [0.15, 0.2) is 0 Å². The first kappa shape index (κ1) is 16.3. The molecule has 1 aliphatic heterocycles. The number of amides is 1. The van der Waals surface area contributed by atoms with Gasteiger partial charge in [-0.25, -0.2) is 8.42 Å². The monoisotopic (exact) mass is 331 g/mol. The molecular weight excluding hydrogens is 314 g/mol. The van der Waals surface area contributed by atoms with Gasteiger partial charge >= 0.3 is 0 Å². The number of benzene rings is 1.